The van der Waals surface area contributed by atoms with Crippen LogP contribution in [0, 0.1) is 5.82 Å². The molecule has 1 atom stereocenters. The average molecular weight is 375 g/mol. The molecule has 0 spiro atoms. The second-order valence-corrected chi connectivity index (χ2v) is 8.58. The zero-order valence-corrected chi connectivity index (χ0v) is 15.7. The summed E-state index contributed by atoms with van der Waals surface area (Å²) in [5.74, 6) is 0.439. The van der Waals surface area contributed by atoms with Gasteiger partial charge in [0, 0.05) is 5.39 Å². The Morgan fingerprint density at radius 3 is 2.50 bits per heavy atom. The van der Waals surface area contributed by atoms with Crippen LogP contribution >= 0.6 is 0 Å². The number of para-hydroxylation sites is 1. The summed E-state index contributed by atoms with van der Waals surface area (Å²) >= 11 is 0. The average Bonchev–Trinajstić information content (AvgIpc) is 3.05. The van der Waals surface area contributed by atoms with Crippen LogP contribution in [0.1, 0.15) is 25.1 Å². The summed E-state index contributed by atoms with van der Waals surface area (Å²) in [6.45, 7) is 2.64. The second kappa shape index (κ2) is 7.60. The molecule has 0 aliphatic carbocycles. The monoisotopic (exact) mass is 375 g/mol. The van der Waals surface area contributed by atoms with Crippen molar-refractivity contribution in [3.05, 3.63) is 66.2 Å². The minimum atomic E-state index is -3.40. The van der Waals surface area contributed by atoms with Gasteiger partial charge in [0.2, 0.25) is 0 Å². The van der Waals surface area contributed by atoms with Crippen LogP contribution in [0.4, 0.5) is 4.39 Å². The second-order valence-electron chi connectivity index (χ2n) is 6.47. The van der Waals surface area contributed by atoms with Crippen molar-refractivity contribution in [3.63, 3.8) is 0 Å². The van der Waals surface area contributed by atoms with Gasteiger partial charge < -0.3 is 4.42 Å². The highest BCUT2D eigenvalue weighted by Gasteiger charge is 2.18. The molecule has 0 bridgehead atoms. The molecule has 26 heavy (non-hydrogen) atoms. The molecule has 0 fully saturated rings. The SMILES string of the molecule is CC(c1cc2ccccc2o1)N(C)CCCS(=O)(=O)c1ccc(F)cc1. The van der Waals surface area contributed by atoms with Crippen molar-refractivity contribution in [1.82, 2.24) is 4.90 Å². The molecule has 0 amide bonds. The first kappa shape index (κ1) is 18.6. The predicted molar refractivity (Wildman–Crippen MR) is 100 cm³/mol. The van der Waals surface area contributed by atoms with Gasteiger partial charge in [0.1, 0.15) is 17.2 Å². The first-order valence-electron chi connectivity index (χ1n) is 8.54. The Morgan fingerprint density at radius 1 is 1.12 bits per heavy atom. The van der Waals surface area contributed by atoms with E-state index in [1.165, 1.54) is 24.3 Å². The van der Waals surface area contributed by atoms with Crippen LogP contribution in [0.15, 0.2) is 63.9 Å². The lowest BCUT2D eigenvalue weighted by molar-refractivity contribution is 0.235. The van der Waals surface area contributed by atoms with E-state index in [0.29, 0.717) is 13.0 Å². The van der Waals surface area contributed by atoms with Gasteiger partial charge in [0.15, 0.2) is 9.84 Å². The number of furan rings is 1. The van der Waals surface area contributed by atoms with Crippen LogP contribution in [0.5, 0.6) is 0 Å². The number of halogens is 1. The number of nitrogens with zero attached hydrogens (tertiary/aromatic N) is 1. The number of sulfone groups is 1. The summed E-state index contributed by atoms with van der Waals surface area (Å²) in [4.78, 5) is 2.23. The first-order chi connectivity index (χ1) is 12.4. The highest BCUT2D eigenvalue weighted by Crippen LogP contribution is 2.26. The summed E-state index contributed by atoms with van der Waals surface area (Å²) in [6.07, 6.45) is 0.487. The summed E-state index contributed by atoms with van der Waals surface area (Å²) < 4.78 is 43.5. The highest BCUT2D eigenvalue weighted by atomic mass is 32.2. The van der Waals surface area contributed by atoms with Gasteiger partial charge in [-0.15, -0.1) is 0 Å². The van der Waals surface area contributed by atoms with Crippen molar-refractivity contribution in [2.24, 2.45) is 0 Å². The number of rotatable bonds is 7. The normalized spacial score (nSPS) is 13.4. The van der Waals surface area contributed by atoms with E-state index >= 15 is 0 Å². The molecule has 3 aromatic rings. The van der Waals surface area contributed by atoms with Gasteiger partial charge in [0.25, 0.3) is 0 Å². The predicted octanol–water partition coefficient (Wildman–Crippen LogP) is 4.43. The molecule has 1 heterocycles. The molecule has 0 N–H and O–H groups in total. The van der Waals surface area contributed by atoms with Gasteiger partial charge in [-0.25, -0.2) is 12.8 Å². The van der Waals surface area contributed by atoms with Crippen LogP contribution < -0.4 is 0 Å². The fraction of sp³-hybridized carbons (Fsp3) is 0.300. The minimum absolute atomic E-state index is 0.0236. The Balaban J connectivity index is 1.59. The maximum absolute atomic E-state index is 12.9. The van der Waals surface area contributed by atoms with Crippen LogP contribution in [0.2, 0.25) is 0 Å². The topological polar surface area (TPSA) is 50.5 Å². The van der Waals surface area contributed by atoms with Crippen LogP contribution in [-0.2, 0) is 9.84 Å². The molecule has 2 aromatic carbocycles. The largest absolute Gasteiger partial charge is 0.459 e. The zero-order chi connectivity index (χ0) is 18.7. The third-order valence-electron chi connectivity index (χ3n) is 4.61. The molecule has 3 rings (SSSR count). The molecule has 0 saturated heterocycles. The van der Waals surface area contributed by atoms with Gasteiger partial charge in [-0.2, -0.15) is 0 Å². The first-order valence-corrected chi connectivity index (χ1v) is 10.2. The zero-order valence-electron chi connectivity index (χ0n) is 14.9. The van der Waals surface area contributed by atoms with Crippen LogP contribution in [0.25, 0.3) is 11.0 Å². The summed E-state index contributed by atoms with van der Waals surface area (Å²) in [6, 6.07) is 14.9. The number of fused-ring (bicyclic) bond motifs is 1. The van der Waals surface area contributed by atoms with Crippen LogP contribution in [-0.4, -0.2) is 32.7 Å². The number of hydrogen-bond donors (Lipinski definition) is 0. The van der Waals surface area contributed by atoms with E-state index in [4.69, 9.17) is 4.42 Å². The van der Waals surface area contributed by atoms with Gasteiger partial charge in [-0.3, -0.25) is 4.90 Å². The minimum Gasteiger partial charge on any atom is -0.459 e. The van der Waals surface area contributed by atoms with E-state index in [-0.39, 0.29) is 16.7 Å². The van der Waals surface area contributed by atoms with Gasteiger partial charge in [-0.05, 0) is 63.3 Å². The molecule has 138 valence electrons. The van der Waals surface area contributed by atoms with Crippen molar-refractivity contribution >= 4 is 20.8 Å². The van der Waals surface area contributed by atoms with E-state index < -0.39 is 15.7 Å². The molecule has 0 aliphatic heterocycles. The molecule has 6 heteroatoms. The fourth-order valence-electron chi connectivity index (χ4n) is 2.88. The smallest absolute Gasteiger partial charge is 0.178 e. The van der Waals surface area contributed by atoms with Crippen molar-refractivity contribution in [3.8, 4) is 0 Å². The van der Waals surface area contributed by atoms with Crippen molar-refractivity contribution in [1.29, 1.82) is 0 Å². The summed E-state index contributed by atoms with van der Waals surface area (Å²) in [7, 11) is -1.45. The molecule has 1 aromatic heterocycles. The summed E-state index contributed by atoms with van der Waals surface area (Å²) in [5.41, 5.74) is 0.849. The van der Waals surface area contributed by atoms with Crippen LogP contribution in [0.3, 0.4) is 0 Å². The third-order valence-corrected chi connectivity index (χ3v) is 6.43. The Morgan fingerprint density at radius 2 is 1.81 bits per heavy atom. The molecule has 0 saturated carbocycles. The fourth-order valence-corrected chi connectivity index (χ4v) is 4.18. The molecule has 4 nitrogen and oxygen atoms in total. The quantitative estimate of drug-likeness (QED) is 0.573. The molecule has 0 aliphatic rings. The Labute approximate surface area is 153 Å². The van der Waals surface area contributed by atoms with E-state index in [2.05, 4.69) is 4.90 Å². The van der Waals surface area contributed by atoms with Gasteiger partial charge >= 0.3 is 0 Å². The third kappa shape index (κ3) is 4.14. The van der Waals surface area contributed by atoms with Gasteiger partial charge in [-0.1, -0.05) is 18.2 Å². The van der Waals surface area contributed by atoms with E-state index in [1.54, 1.807) is 0 Å². The summed E-state index contributed by atoms with van der Waals surface area (Å²) in [5, 5.41) is 1.06. The van der Waals surface area contributed by atoms with E-state index in [1.807, 2.05) is 44.3 Å². The molecule has 0 radical (unpaired) electrons. The van der Waals surface area contributed by atoms with Crippen molar-refractivity contribution < 1.29 is 17.2 Å². The van der Waals surface area contributed by atoms with E-state index in [9.17, 15) is 12.8 Å². The lowest BCUT2D eigenvalue weighted by atomic mass is 10.2. The molecular formula is C20H22FNO3S. The number of benzene rings is 2. The van der Waals surface area contributed by atoms with Crippen molar-refractivity contribution in [2.75, 3.05) is 19.3 Å². The molecular weight excluding hydrogens is 353 g/mol. The Hall–Kier alpha value is -2.18. The number of hydrogen-bond acceptors (Lipinski definition) is 4. The highest BCUT2D eigenvalue weighted by molar-refractivity contribution is 7.91. The lowest BCUT2D eigenvalue weighted by Gasteiger charge is -2.22. The van der Waals surface area contributed by atoms with E-state index in [0.717, 1.165) is 16.7 Å². The standard InChI is InChI=1S/C20H22FNO3S/c1-15(20-14-16-6-3-4-7-19(16)25-20)22(2)12-5-13-26(23,24)18-10-8-17(21)9-11-18/h3-4,6-11,14-15H,5,12-13H2,1-2H3. The maximum Gasteiger partial charge on any atom is 0.178 e. The maximum atomic E-state index is 12.9. The van der Waals surface area contributed by atoms with Gasteiger partial charge in [0.05, 0.1) is 16.7 Å². The Bertz CT molecular complexity index is 947. The Kier molecular flexibility index (Phi) is 5.44. The van der Waals surface area contributed by atoms with Crippen molar-refractivity contribution in [2.45, 2.75) is 24.3 Å². The lowest BCUT2D eigenvalue weighted by Crippen LogP contribution is -2.25. The molecule has 1 unspecified atom stereocenters.